The molecule has 1 fully saturated rings. The molecule has 30 heavy (non-hydrogen) atoms. The molecular weight excluding hydrogens is 389 g/mol. The van der Waals surface area contributed by atoms with Gasteiger partial charge in [-0.3, -0.25) is 9.48 Å². The zero-order valence-corrected chi connectivity index (χ0v) is 17.2. The summed E-state index contributed by atoms with van der Waals surface area (Å²) in [4.78, 5) is 28.8. The Labute approximate surface area is 172 Å². The van der Waals surface area contributed by atoms with Crippen molar-refractivity contribution in [1.82, 2.24) is 19.8 Å². The van der Waals surface area contributed by atoms with Crippen molar-refractivity contribution in [3.63, 3.8) is 0 Å². The summed E-state index contributed by atoms with van der Waals surface area (Å²) in [5.74, 6) is 0.00477. The Morgan fingerprint density at radius 3 is 2.43 bits per heavy atom. The maximum Gasteiger partial charge on any atom is 0.332 e. The fourth-order valence-electron chi connectivity index (χ4n) is 3.55. The number of rotatable bonds is 5. The van der Waals surface area contributed by atoms with E-state index in [1.807, 2.05) is 13.8 Å². The number of urea groups is 1. The number of amides is 3. The molecule has 1 aliphatic heterocycles. The van der Waals surface area contributed by atoms with Crippen molar-refractivity contribution in [3.05, 3.63) is 65.1 Å². The monoisotopic (exact) mass is 411 g/mol. The summed E-state index contributed by atoms with van der Waals surface area (Å²) in [6, 6.07) is 5.44. The highest BCUT2D eigenvalue weighted by Gasteiger charge is 2.52. The average Bonchev–Trinajstić information content (AvgIpc) is 3.33. The van der Waals surface area contributed by atoms with E-state index >= 15 is 0 Å². The molecule has 0 spiro atoms. The van der Waals surface area contributed by atoms with Gasteiger partial charge in [-0.1, -0.05) is 17.3 Å². The van der Waals surface area contributed by atoms with Gasteiger partial charge in [-0.25, -0.2) is 14.1 Å². The van der Waals surface area contributed by atoms with Gasteiger partial charge in [0, 0.05) is 18.3 Å². The van der Waals surface area contributed by atoms with E-state index < -0.39 is 11.6 Å². The van der Waals surface area contributed by atoms with E-state index in [0.717, 1.165) is 21.7 Å². The Hall–Kier alpha value is -3.49. The molecular formula is C21H22FN5O3. The molecule has 0 atom stereocenters. The van der Waals surface area contributed by atoms with Gasteiger partial charge in [0.1, 0.15) is 17.1 Å². The smallest absolute Gasteiger partial charge is 0.332 e. The van der Waals surface area contributed by atoms with Gasteiger partial charge in [0.15, 0.2) is 0 Å². The van der Waals surface area contributed by atoms with Crippen LogP contribution in [0, 0.1) is 19.7 Å². The minimum Gasteiger partial charge on any atom is -0.361 e. The fourth-order valence-corrected chi connectivity index (χ4v) is 3.55. The standard InChI is InChI=1S/C21H22FN5O3/c1-13-18(14(2)30-24-13)12-25-11-17(9-23-25)27-19(28)21(3,4)26(20(27)29)10-15-5-7-16(22)8-6-15/h5-9,11H,10,12H2,1-4H3. The summed E-state index contributed by atoms with van der Waals surface area (Å²) in [7, 11) is 0. The summed E-state index contributed by atoms with van der Waals surface area (Å²) in [6.07, 6.45) is 3.14. The Balaban J connectivity index is 1.59. The first-order valence-electron chi connectivity index (χ1n) is 9.53. The van der Waals surface area contributed by atoms with Crippen LogP contribution in [0.3, 0.4) is 0 Å². The number of benzene rings is 1. The number of nitrogens with zero attached hydrogens (tertiary/aromatic N) is 5. The van der Waals surface area contributed by atoms with E-state index in [0.29, 0.717) is 18.0 Å². The zero-order chi connectivity index (χ0) is 21.6. The van der Waals surface area contributed by atoms with E-state index in [1.165, 1.54) is 23.2 Å². The summed E-state index contributed by atoms with van der Waals surface area (Å²) in [5, 5.41) is 8.22. The average molecular weight is 411 g/mol. The predicted octanol–water partition coefficient (Wildman–Crippen LogP) is 3.42. The van der Waals surface area contributed by atoms with Crippen LogP contribution in [-0.4, -0.2) is 37.3 Å². The number of halogens is 1. The normalized spacial score (nSPS) is 16.0. The van der Waals surface area contributed by atoms with Gasteiger partial charge in [-0.15, -0.1) is 0 Å². The molecule has 156 valence electrons. The van der Waals surface area contributed by atoms with Crippen LogP contribution >= 0.6 is 0 Å². The van der Waals surface area contributed by atoms with Crippen molar-refractivity contribution in [2.75, 3.05) is 4.90 Å². The van der Waals surface area contributed by atoms with Crippen LogP contribution in [0.25, 0.3) is 0 Å². The molecule has 8 nitrogen and oxygen atoms in total. The second-order valence-electron chi connectivity index (χ2n) is 7.89. The van der Waals surface area contributed by atoms with Gasteiger partial charge in [-0.05, 0) is 45.4 Å². The van der Waals surface area contributed by atoms with Crippen molar-refractivity contribution in [2.24, 2.45) is 0 Å². The number of anilines is 1. The quantitative estimate of drug-likeness (QED) is 0.601. The van der Waals surface area contributed by atoms with Crippen LogP contribution in [0.4, 0.5) is 14.9 Å². The fraction of sp³-hybridized carbons (Fsp3) is 0.333. The summed E-state index contributed by atoms with van der Waals surface area (Å²) in [5.41, 5.74) is 1.76. The van der Waals surface area contributed by atoms with Gasteiger partial charge in [0.05, 0.1) is 24.1 Å². The summed E-state index contributed by atoms with van der Waals surface area (Å²) in [6.45, 7) is 7.68. The second-order valence-corrected chi connectivity index (χ2v) is 7.89. The van der Waals surface area contributed by atoms with Gasteiger partial charge in [0.2, 0.25) is 0 Å². The lowest BCUT2D eigenvalue weighted by molar-refractivity contribution is -0.123. The van der Waals surface area contributed by atoms with Gasteiger partial charge < -0.3 is 9.42 Å². The highest BCUT2D eigenvalue weighted by atomic mass is 19.1. The molecule has 2 aromatic heterocycles. The largest absolute Gasteiger partial charge is 0.361 e. The number of carbonyl (C=O) groups is 2. The zero-order valence-electron chi connectivity index (χ0n) is 17.2. The van der Waals surface area contributed by atoms with Crippen LogP contribution in [0.2, 0.25) is 0 Å². The molecule has 9 heteroatoms. The van der Waals surface area contributed by atoms with Crippen molar-refractivity contribution < 1.29 is 18.5 Å². The molecule has 3 aromatic rings. The van der Waals surface area contributed by atoms with Crippen LogP contribution < -0.4 is 4.90 Å². The molecule has 0 bridgehead atoms. The topological polar surface area (TPSA) is 84.5 Å². The third-order valence-electron chi connectivity index (χ3n) is 5.46. The maximum atomic E-state index is 13.2. The molecule has 0 saturated carbocycles. The van der Waals surface area contributed by atoms with Crippen LogP contribution in [-0.2, 0) is 17.9 Å². The number of aryl methyl sites for hydroxylation is 2. The third-order valence-corrected chi connectivity index (χ3v) is 5.46. The molecule has 1 aromatic carbocycles. The number of hydrogen-bond donors (Lipinski definition) is 0. The highest BCUT2D eigenvalue weighted by molar-refractivity contribution is 6.22. The molecule has 0 radical (unpaired) electrons. The van der Waals surface area contributed by atoms with E-state index in [4.69, 9.17) is 4.52 Å². The van der Waals surface area contributed by atoms with Crippen LogP contribution in [0.15, 0.2) is 41.2 Å². The Bertz CT molecular complexity index is 1100. The minimum atomic E-state index is -1.05. The minimum absolute atomic E-state index is 0.196. The van der Waals surface area contributed by atoms with E-state index in [-0.39, 0.29) is 18.3 Å². The summed E-state index contributed by atoms with van der Waals surface area (Å²) < 4.78 is 20.0. The number of carbonyl (C=O) groups excluding carboxylic acids is 2. The molecule has 1 aliphatic rings. The summed E-state index contributed by atoms with van der Waals surface area (Å²) >= 11 is 0. The predicted molar refractivity (Wildman–Crippen MR) is 106 cm³/mol. The second kappa shape index (κ2) is 7.08. The molecule has 4 rings (SSSR count). The third kappa shape index (κ3) is 3.26. The van der Waals surface area contributed by atoms with Crippen molar-refractivity contribution in [2.45, 2.75) is 46.3 Å². The Morgan fingerprint density at radius 1 is 1.10 bits per heavy atom. The maximum absolute atomic E-state index is 13.2. The molecule has 3 amide bonds. The van der Waals surface area contributed by atoms with Crippen molar-refractivity contribution in [3.8, 4) is 0 Å². The molecule has 0 aliphatic carbocycles. The Morgan fingerprint density at radius 2 is 1.80 bits per heavy atom. The number of imide groups is 1. The van der Waals surface area contributed by atoms with Crippen LogP contribution in [0.5, 0.6) is 0 Å². The van der Waals surface area contributed by atoms with Crippen LogP contribution in [0.1, 0.15) is 36.4 Å². The first kappa shape index (κ1) is 19.8. The SMILES string of the molecule is Cc1noc(C)c1Cn1cc(N2C(=O)N(Cc3ccc(F)cc3)C(C)(C)C2=O)cn1. The van der Waals surface area contributed by atoms with Crippen molar-refractivity contribution in [1.29, 1.82) is 0 Å². The van der Waals surface area contributed by atoms with Gasteiger partial charge in [0.25, 0.3) is 5.91 Å². The van der Waals surface area contributed by atoms with E-state index in [1.54, 1.807) is 36.9 Å². The highest BCUT2D eigenvalue weighted by Crippen LogP contribution is 2.33. The van der Waals surface area contributed by atoms with Gasteiger partial charge in [-0.2, -0.15) is 5.10 Å². The van der Waals surface area contributed by atoms with Gasteiger partial charge >= 0.3 is 6.03 Å². The lowest BCUT2D eigenvalue weighted by Gasteiger charge is -2.27. The molecule has 0 N–H and O–H groups in total. The molecule has 3 heterocycles. The molecule has 0 unspecified atom stereocenters. The first-order chi connectivity index (χ1) is 14.2. The van der Waals surface area contributed by atoms with Crippen molar-refractivity contribution >= 4 is 17.6 Å². The lowest BCUT2D eigenvalue weighted by atomic mass is 10.0. The van der Waals surface area contributed by atoms with E-state index in [9.17, 15) is 14.0 Å². The molecule has 1 saturated heterocycles. The number of hydrogen-bond acceptors (Lipinski definition) is 5. The first-order valence-corrected chi connectivity index (χ1v) is 9.53. The van der Waals surface area contributed by atoms with E-state index in [2.05, 4.69) is 10.3 Å². The lowest BCUT2D eigenvalue weighted by Crippen LogP contribution is -2.43. The number of aromatic nitrogens is 3. The Kier molecular flexibility index (Phi) is 4.68.